The highest BCUT2D eigenvalue weighted by Gasteiger charge is 2.34. The second kappa shape index (κ2) is 8.03. The zero-order valence-corrected chi connectivity index (χ0v) is 14.8. The van der Waals surface area contributed by atoms with Gasteiger partial charge in [-0.25, -0.2) is 14.8 Å². The van der Waals surface area contributed by atoms with E-state index in [1.165, 1.54) is 36.4 Å². The van der Waals surface area contributed by atoms with Crippen LogP contribution in [0.1, 0.15) is 15.9 Å². The molecule has 0 unspecified atom stereocenters. The maximum absolute atomic E-state index is 13.2. The number of carbonyl (C=O) groups is 1. The smallest absolute Gasteiger partial charge is 0.418 e. The third kappa shape index (κ3) is 4.43. The number of alkyl halides is 3. The molecule has 12 heteroatoms. The van der Waals surface area contributed by atoms with Crippen molar-refractivity contribution < 1.29 is 28.0 Å². The van der Waals surface area contributed by atoms with Crippen molar-refractivity contribution in [1.29, 1.82) is 0 Å². The Hall–Kier alpha value is -4.22. The monoisotopic (exact) mass is 419 g/mol. The number of aromatic nitrogens is 2. The first-order chi connectivity index (χ1) is 14.2. The first kappa shape index (κ1) is 20.5. The van der Waals surface area contributed by atoms with Crippen LogP contribution < -0.4 is 10.6 Å². The van der Waals surface area contributed by atoms with E-state index in [2.05, 4.69) is 20.6 Å². The summed E-state index contributed by atoms with van der Waals surface area (Å²) in [5.41, 5.74) is -1.83. The molecule has 0 bridgehead atoms. The fourth-order valence-corrected chi connectivity index (χ4v) is 2.53. The lowest BCUT2D eigenvalue weighted by atomic mass is 10.1. The molecule has 0 saturated carbocycles. The van der Waals surface area contributed by atoms with Gasteiger partial charge in [0, 0.05) is 5.69 Å². The van der Waals surface area contributed by atoms with Crippen molar-refractivity contribution >= 4 is 34.7 Å². The fourth-order valence-electron chi connectivity index (χ4n) is 2.53. The Morgan fingerprint density at radius 3 is 2.17 bits per heavy atom. The van der Waals surface area contributed by atoms with Crippen LogP contribution in [0.15, 0.2) is 54.9 Å². The molecule has 1 aromatic heterocycles. The molecular formula is C18H12F3N5O4. The van der Waals surface area contributed by atoms with Crippen molar-refractivity contribution in [3.8, 4) is 0 Å². The summed E-state index contributed by atoms with van der Waals surface area (Å²) < 4.78 is 39.6. The highest BCUT2D eigenvalue weighted by atomic mass is 19.4. The quantitative estimate of drug-likeness (QED) is 0.391. The minimum absolute atomic E-state index is 0.00357. The number of carboxylic acid groups (broad SMARTS) is 1. The zero-order chi connectivity index (χ0) is 21.9. The number of halogens is 3. The number of anilines is 4. The molecule has 2 aromatic carbocycles. The van der Waals surface area contributed by atoms with Gasteiger partial charge in [0.1, 0.15) is 6.33 Å². The zero-order valence-electron chi connectivity index (χ0n) is 14.8. The highest BCUT2D eigenvalue weighted by Crippen LogP contribution is 2.38. The van der Waals surface area contributed by atoms with Gasteiger partial charge in [0.25, 0.3) is 0 Å². The fraction of sp³-hybridized carbons (Fsp3) is 0.0556. The molecule has 0 fully saturated rings. The number of nitrogens with one attached hydrogen (secondary N) is 2. The first-order valence-corrected chi connectivity index (χ1v) is 8.20. The van der Waals surface area contributed by atoms with E-state index in [-0.39, 0.29) is 17.1 Å². The van der Waals surface area contributed by atoms with E-state index in [1.54, 1.807) is 0 Å². The number of nitrogens with zero attached hydrogens (tertiary/aromatic N) is 3. The molecule has 1 heterocycles. The molecule has 154 valence electrons. The number of rotatable bonds is 6. The minimum atomic E-state index is -4.68. The second-order valence-corrected chi connectivity index (χ2v) is 5.85. The Balaban J connectivity index is 1.98. The number of hydrogen-bond donors (Lipinski definition) is 3. The molecule has 0 aliphatic heterocycles. The van der Waals surface area contributed by atoms with E-state index in [0.717, 1.165) is 18.5 Å². The lowest BCUT2D eigenvalue weighted by molar-refractivity contribution is -0.383. The van der Waals surface area contributed by atoms with Gasteiger partial charge < -0.3 is 15.7 Å². The summed E-state index contributed by atoms with van der Waals surface area (Å²) in [5.74, 6) is -1.88. The Bertz CT molecular complexity index is 1100. The summed E-state index contributed by atoms with van der Waals surface area (Å²) in [7, 11) is 0. The van der Waals surface area contributed by atoms with Crippen molar-refractivity contribution in [3.63, 3.8) is 0 Å². The number of hydrogen-bond acceptors (Lipinski definition) is 7. The molecule has 0 aliphatic rings. The number of nitro groups is 1. The van der Waals surface area contributed by atoms with E-state index >= 15 is 0 Å². The molecule has 30 heavy (non-hydrogen) atoms. The summed E-state index contributed by atoms with van der Waals surface area (Å²) in [4.78, 5) is 29.2. The van der Waals surface area contributed by atoms with Crippen molar-refractivity contribution in [2.45, 2.75) is 6.18 Å². The van der Waals surface area contributed by atoms with Crippen molar-refractivity contribution in [1.82, 2.24) is 9.97 Å². The van der Waals surface area contributed by atoms with Crippen molar-refractivity contribution in [2.75, 3.05) is 10.6 Å². The second-order valence-electron chi connectivity index (χ2n) is 5.85. The standard InChI is InChI=1S/C18H12F3N5O4/c19-18(20,21)12-3-1-2-4-13(12)25-16-14(26(29)30)15(22-9-23-16)24-11-7-5-10(6-8-11)17(27)28/h1-9H,(H,27,28)(H2,22,23,24,25). The molecule has 3 rings (SSSR count). The Morgan fingerprint density at radius 1 is 1.00 bits per heavy atom. The van der Waals surface area contributed by atoms with Gasteiger partial charge in [0.2, 0.25) is 11.6 Å². The minimum Gasteiger partial charge on any atom is -0.478 e. The predicted octanol–water partition coefficient (Wildman–Crippen LogP) is 4.59. The molecule has 0 amide bonds. The lowest BCUT2D eigenvalue weighted by Crippen LogP contribution is -2.10. The molecular weight excluding hydrogens is 407 g/mol. The predicted molar refractivity (Wildman–Crippen MR) is 100 cm³/mol. The van der Waals surface area contributed by atoms with Gasteiger partial charge in [-0.05, 0) is 36.4 Å². The van der Waals surface area contributed by atoms with E-state index < -0.39 is 39.8 Å². The molecule has 0 spiro atoms. The van der Waals surface area contributed by atoms with E-state index in [1.807, 2.05) is 0 Å². The van der Waals surface area contributed by atoms with E-state index in [0.29, 0.717) is 0 Å². The van der Waals surface area contributed by atoms with Crippen molar-refractivity contribution in [2.24, 2.45) is 0 Å². The number of aromatic carboxylic acids is 1. The Kier molecular flexibility index (Phi) is 5.49. The van der Waals surface area contributed by atoms with Crippen LogP contribution in [0.4, 0.5) is 41.9 Å². The van der Waals surface area contributed by atoms with Crippen LogP contribution in [0.2, 0.25) is 0 Å². The van der Waals surface area contributed by atoms with Crippen LogP contribution in [0.3, 0.4) is 0 Å². The normalized spacial score (nSPS) is 11.0. The van der Waals surface area contributed by atoms with Crippen LogP contribution in [-0.2, 0) is 6.18 Å². The van der Waals surface area contributed by atoms with Gasteiger partial charge in [-0.15, -0.1) is 0 Å². The van der Waals surface area contributed by atoms with Gasteiger partial charge in [-0.1, -0.05) is 12.1 Å². The van der Waals surface area contributed by atoms with Gasteiger partial charge in [-0.3, -0.25) is 10.1 Å². The maximum Gasteiger partial charge on any atom is 0.418 e. The number of benzene rings is 2. The van der Waals surface area contributed by atoms with Crippen LogP contribution >= 0.6 is 0 Å². The molecule has 3 N–H and O–H groups in total. The lowest BCUT2D eigenvalue weighted by Gasteiger charge is -2.14. The summed E-state index contributed by atoms with van der Waals surface area (Å²) in [6, 6.07) is 9.75. The third-order valence-electron chi connectivity index (χ3n) is 3.88. The van der Waals surface area contributed by atoms with Crippen LogP contribution in [0.5, 0.6) is 0 Å². The summed E-state index contributed by atoms with van der Waals surface area (Å²) in [5, 5.41) is 25.5. The SMILES string of the molecule is O=C(O)c1ccc(Nc2ncnc(Nc3ccccc3C(F)(F)F)c2[N+](=O)[O-])cc1. The molecule has 0 atom stereocenters. The average molecular weight is 419 g/mol. The molecule has 0 radical (unpaired) electrons. The van der Waals surface area contributed by atoms with Crippen LogP contribution in [-0.4, -0.2) is 26.0 Å². The van der Waals surface area contributed by atoms with Crippen LogP contribution in [0.25, 0.3) is 0 Å². The topological polar surface area (TPSA) is 130 Å². The Morgan fingerprint density at radius 2 is 1.60 bits per heavy atom. The van der Waals surface area contributed by atoms with Gasteiger partial charge >= 0.3 is 17.8 Å². The van der Waals surface area contributed by atoms with Gasteiger partial charge in [0.05, 0.1) is 21.7 Å². The first-order valence-electron chi connectivity index (χ1n) is 8.20. The third-order valence-corrected chi connectivity index (χ3v) is 3.88. The number of para-hydroxylation sites is 1. The molecule has 0 aliphatic carbocycles. The average Bonchev–Trinajstić information content (AvgIpc) is 2.68. The summed E-state index contributed by atoms with van der Waals surface area (Å²) >= 11 is 0. The molecule has 3 aromatic rings. The van der Waals surface area contributed by atoms with E-state index in [4.69, 9.17) is 5.11 Å². The van der Waals surface area contributed by atoms with Gasteiger partial charge in [-0.2, -0.15) is 13.2 Å². The maximum atomic E-state index is 13.2. The van der Waals surface area contributed by atoms with Gasteiger partial charge in [0.15, 0.2) is 0 Å². The summed E-state index contributed by atoms with van der Waals surface area (Å²) in [6.07, 6.45) is -3.74. The summed E-state index contributed by atoms with van der Waals surface area (Å²) in [6.45, 7) is 0. The Labute approximate surface area is 166 Å². The molecule has 0 saturated heterocycles. The number of carboxylic acids is 1. The largest absolute Gasteiger partial charge is 0.478 e. The highest BCUT2D eigenvalue weighted by molar-refractivity contribution is 5.88. The van der Waals surface area contributed by atoms with Crippen LogP contribution in [0, 0.1) is 10.1 Å². The molecule has 9 nitrogen and oxygen atoms in total. The van der Waals surface area contributed by atoms with Crippen molar-refractivity contribution in [3.05, 3.63) is 76.1 Å². The van der Waals surface area contributed by atoms with E-state index in [9.17, 15) is 28.1 Å².